The average molecular weight is 431 g/mol. The highest BCUT2D eigenvalue weighted by atomic mass is 16.7. The van der Waals surface area contributed by atoms with Gasteiger partial charge in [-0.15, -0.1) is 10.2 Å². The van der Waals surface area contributed by atoms with Gasteiger partial charge in [-0.2, -0.15) is 5.21 Å². The number of hydrogen-bond donors (Lipinski definition) is 1. The Morgan fingerprint density at radius 2 is 1.70 bits per heavy atom. The van der Waals surface area contributed by atoms with Gasteiger partial charge in [-0.3, -0.25) is 0 Å². The van der Waals surface area contributed by atoms with E-state index in [0.29, 0.717) is 5.82 Å². The molecule has 7 nitrogen and oxygen atoms in total. The summed E-state index contributed by atoms with van der Waals surface area (Å²) in [6.07, 6.45) is 0. The van der Waals surface area contributed by atoms with E-state index in [9.17, 15) is 0 Å². The third kappa shape index (κ3) is 2.79. The first kappa shape index (κ1) is 18.0. The van der Waals surface area contributed by atoms with E-state index in [-0.39, 0.29) is 6.79 Å². The summed E-state index contributed by atoms with van der Waals surface area (Å²) in [5, 5.41) is 18.1. The fraction of sp³-hybridized carbons (Fsp3) is 0.0385. The van der Waals surface area contributed by atoms with Gasteiger partial charge in [0.2, 0.25) is 12.6 Å². The van der Waals surface area contributed by atoms with Crippen molar-refractivity contribution in [1.82, 2.24) is 25.2 Å². The number of nitrogens with one attached hydrogen (secondary N) is 1. The molecule has 0 bridgehead atoms. The summed E-state index contributed by atoms with van der Waals surface area (Å²) < 4.78 is 13.5. The zero-order valence-corrected chi connectivity index (χ0v) is 17.4. The lowest BCUT2D eigenvalue weighted by Crippen LogP contribution is -1.97. The predicted molar refractivity (Wildman–Crippen MR) is 126 cm³/mol. The maximum absolute atomic E-state index is 5.66. The maximum Gasteiger partial charge on any atom is 0.231 e. The van der Waals surface area contributed by atoms with Crippen LogP contribution in [0.3, 0.4) is 0 Å². The Morgan fingerprint density at radius 1 is 0.758 bits per heavy atom. The van der Waals surface area contributed by atoms with Crippen LogP contribution in [0.25, 0.3) is 50.0 Å². The molecule has 0 unspecified atom stereocenters. The topological polar surface area (TPSA) is 77.9 Å². The zero-order chi connectivity index (χ0) is 21.8. The molecule has 0 saturated carbocycles. The predicted octanol–water partition coefficient (Wildman–Crippen LogP) is 5.36. The van der Waals surface area contributed by atoms with Gasteiger partial charge in [0.15, 0.2) is 11.5 Å². The van der Waals surface area contributed by atoms with Crippen LogP contribution in [0.2, 0.25) is 0 Å². The first-order valence-corrected chi connectivity index (χ1v) is 10.6. The van der Waals surface area contributed by atoms with Crippen molar-refractivity contribution < 1.29 is 9.47 Å². The molecular weight excluding hydrogens is 414 g/mol. The van der Waals surface area contributed by atoms with E-state index in [1.54, 1.807) is 0 Å². The molecule has 0 amide bonds. The normalized spacial score (nSPS) is 12.6. The standard InChI is InChI=1S/C26H17N5O2/c1-2-7-20-16(4-1)8-10-22-21(20)14-23(17-9-11-24-25(13-17)33-15-32-24)31(22)19-6-3-5-18(12-19)26-27-29-30-28-26/h1-14H,15H2,(H,27,28,29,30). The fourth-order valence-electron chi connectivity index (χ4n) is 4.58. The van der Waals surface area contributed by atoms with Gasteiger partial charge in [-0.1, -0.05) is 42.5 Å². The molecule has 1 N–H and O–H groups in total. The van der Waals surface area contributed by atoms with Gasteiger partial charge in [0.25, 0.3) is 0 Å². The molecule has 7 rings (SSSR count). The van der Waals surface area contributed by atoms with Crippen molar-refractivity contribution in [3.8, 4) is 39.8 Å². The second-order valence-electron chi connectivity index (χ2n) is 7.94. The minimum Gasteiger partial charge on any atom is -0.454 e. The number of H-pyrrole nitrogens is 1. The van der Waals surface area contributed by atoms with Crippen molar-refractivity contribution in [2.45, 2.75) is 0 Å². The number of aromatic amines is 1. The van der Waals surface area contributed by atoms with E-state index in [1.165, 1.54) is 16.2 Å². The fourth-order valence-corrected chi connectivity index (χ4v) is 4.58. The monoisotopic (exact) mass is 431 g/mol. The molecule has 1 aliphatic heterocycles. The largest absolute Gasteiger partial charge is 0.454 e. The second kappa shape index (κ2) is 6.93. The van der Waals surface area contributed by atoms with Gasteiger partial charge in [0.05, 0.1) is 11.2 Å². The summed E-state index contributed by atoms with van der Waals surface area (Å²) in [7, 11) is 0. The van der Waals surface area contributed by atoms with Crippen LogP contribution >= 0.6 is 0 Å². The Labute approximate surface area is 188 Å². The van der Waals surface area contributed by atoms with Gasteiger partial charge in [-0.05, 0) is 58.5 Å². The Bertz CT molecular complexity index is 1650. The van der Waals surface area contributed by atoms with E-state index >= 15 is 0 Å². The first-order valence-electron chi connectivity index (χ1n) is 10.6. The molecule has 6 aromatic rings. The number of fused-ring (bicyclic) bond motifs is 4. The van der Waals surface area contributed by atoms with Gasteiger partial charge in [0.1, 0.15) is 0 Å². The minimum absolute atomic E-state index is 0.249. The lowest BCUT2D eigenvalue weighted by molar-refractivity contribution is 0.174. The number of aromatic nitrogens is 5. The third-order valence-corrected chi connectivity index (χ3v) is 6.09. The summed E-state index contributed by atoms with van der Waals surface area (Å²) in [5.74, 6) is 2.09. The molecule has 3 heterocycles. The quantitative estimate of drug-likeness (QED) is 0.408. The second-order valence-corrected chi connectivity index (χ2v) is 7.94. The molecular formula is C26H17N5O2. The smallest absolute Gasteiger partial charge is 0.231 e. The Hall–Kier alpha value is -4.65. The highest BCUT2D eigenvalue weighted by Gasteiger charge is 2.19. The number of rotatable bonds is 3. The molecule has 158 valence electrons. The number of nitrogens with zero attached hydrogens (tertiary/aromatic N) is 4. The van der Waals surface area contributed by atoms with Crippen LogP contribution in [0.4, 0.5) is 0 Å². The molecule has 33 heavy (non-hydrogen) atoms. The molecule has 7 heteroatoms. The Kier molecular flexibility index (Phi) is 3.77. The van der Waals surface area contributed by atoms with Crippen LogP contribution < -0.4 is 9.47 Å². The lowest BCUT2D eigenvalue weighted by Gasteiger charge is -2.13. The third-order valence-electron chi connectivity index (χ3n) is 6.09. The van der Waals surface area contributed by atoms with E-state index in [1.807, 2.05) is 24.3 Å². The summed E-state index contributed by atoms with van der Waals surface area (Å²) in [6, 6.07) is 29.3. The van der Waals surface area contributed by atoms with Crippen molar-refractivity contribution in [2.75, 3.05) is 6.79 Å². The minimum atomic E-state index is 0.249. The van der Waals surface area contributed by atoms with Gasteiger partial charge in [-0.25, -0.2) is 0 Å². The number of hydrogen-bond acceptors (Lipinski definition) is 5. The van der Waals surface area contributed by atoms with Gasteiger partial charge < -0.3 is 14.0 Å². The number of benzene rings is 4. The van der Waals surface area contributed by atoms with Crippen molar-refractivity contribution in [3.05, 3.63) is 84.9 Å². The lowest BCUT2D eigenvalue weighted by atomic mass is 10.1. The maximum atomic E-state index is 5.66. The highest BCUT2D eigenvalue weighted by molar-refractivity contribution is 6.09. The van der Waals surface area contributed by atoms with Crippen molar-refractivity contribution in [1.29, 1.82) is 0 Å². The van der Waals surface area contributed by atoms with Crippen LogP contribution in [-0.2, 0) is 0 Å². The van der Waals surface area contributed by atoms with Crippen LogP contribution in [0.1, 0.15) is 0 Å². The van der Waals surface area contributed by atoms with E-state index in [0.717, 1.165) is 39.5 Å². The molecule has 1 aliphatic rings. The van der Waals surface area contributed by atoms with Gasteiger partial charge in [0, 0.05) is 22.2 Å². The molecule has 4 aromatic carbocycles. The Morgan fingerprint density at radius 3 is 2.64 bits per heavy atom. The molecule has 2 aromatic heterocycles. The SMILES string of the molecule is c1cc(-c2nn[nH]n2)cc(-n2c(-c3ccc4c(c3)OCO4)cc3c4ccccc4ccc32)c1. The number of tetrazole rings is 1. The Balaban J connectivity index is 1.53. The van der Waals surface area contributed by atoms with Crippen molar-refractivity contribution in [2.24, 2.45) is 0 Å². The van der Waals surface area contributed by atoms with Crippen molar-refractivity contribution >= 4 is 21.7 Å². The van der Waals surface area contributed by atoms with Crippen LogP contribution in [0.15, 0.2) is 84.9 Å². The molecule has 0 radical (unpaired) electrons. The van der Waals surface area contributed by atoms with Crippen LogP contribution in [0.5, 0.6) is 11.5 Å². The average Bonchev–Trinajstić information content (AvgIpc) is 3.63. The summed E-state index contributed by atoms with van der Waals surface area (Å²) in [4.78, 5) is 0. The van der Waals surface area contributed by atoms with Crippen LogP contribution in [0, 0.1) is 0 Å². The van der Waals surface area contributed by atoms with Gasteiger partial charge >= 0.3 is 0 Å². The summed E-state index contributed by atoms with van der Waals surface area (Å²) in [5.41, 5.74) is 5.12. The first-order chi connectivity index (χ1) is 16.3. The molecule has 0 fully saturated rings. The molecule has 0 aliphatic carbocycles. The molecule has 0 saturated heterocycles. The molecule has 0 atom stereocenters. The highest BCUT2D eigenvalue weighted by Crippen LogP contribution is 2.40. The zero-order valence-electron chi connectivity index (χ0n) is 17.4. The van der Waals surface area contributed by atoms with E-state index < -0.39 is 0 Å². The van der Waals surface area contributed by atoms with E-state index in [2.05, 4.69) is 85.9 Å². The summed E-state index contributed by atoms with van der Waals surface area (Å²) >= 11 is 0. The van der Waals surface area contributed by atoms with Crippen molar-refractivity contribution in [3.63, 3.8) is 0 Å². The molecule has 0 spiro atoms. The summed E-state index contributed by atoms with van der Waals surface area (Å²) in [6.45, 7) is 0.249. The number of ether oxygens (including phenoxy) is 2. The van der Waals surface area contributed by atoms with Crippen LogP contribution in [-0.4, -0.2) is 32.0 Å². The van der Waals surface area contributed by atoms with E-state index in [4.69, 9.17) is 9.47 Å².